The van der Waals surface area contributed by atoms with E-state index in [1.165, 1.54) is 5.56 Å². The van der Waals surface area contributed by atoms with Gasteiger partial charge in [-0.15, -0.1) is 0 Å². The molecule has 0 fully saturated rings. The number of nitrogens with zero attached hydrogens (tertiary/aromatic N) is 3. The first-order valence-electron chi connectivity index (χ1n) is 8.98. The van der Waals surface area contributed by atoms with Gasteiger partial charge in [-0.2, -0.15) is 0 Å². The molecule has 5 heteroatoms. The highest BCUT2D eigenvalue weighted by atomic mass is 15.2. The average Bonchev–Trinajstić information content (AvgIpc) is 3.06. The number of fused-ring (bicyclic) bond motifs is 1. The number of aryl methyl sites for hydroxylation is 1. The molecule has 0 bridgehead atoms. The van der Waals surface area contributed by atoms with Gasteiger partial charge in [-0.05, 0) is 63.5 Å². The predicted molar refractivity (Wildman–Crippen MR) is 102 cm³/mol. The zero-order valence-electron chi connectivity index (χ0n) is 15.1. The molecular weight excluding hydrogens is 310 g/mol. The van der Waals surface area contributed by atoms with Crippen LogP contribution in [0.1, 0.15) is 42.9 Å². The number of imidazole rings is 1. The number of H-pyrrole nitrogens is 1. The third-order valence-electron chi connectivity index (χ3n) is 4.72. The van der Waals surface area contributed by atoms with E-state index >= 15 is 0 Å². The first-order chi connectivity index (χ1) is 12.2. The number of hydrogen-bond acceptors (Lipinski definition) is 4. The maximum absolute atomic E-state index is 5.68. The molecule has 0 amide bonds. The normalized spacial score (nSPS) is 12.8. The zero-order chi connectivity index (χ0) is 17.6. The number of aromatic nitrogens is 3. The minimum atomic E-state index is 0.187. The molecule has 0 saturated heterocycles. The number of benzene rings is 1. The lowest BCUT2D eigenvalue weighted by Crippen LogP contribution is -2.29. The third-order valence-corrected chi connectivity index (χ3v) is 4.72. The monoisotopic (exact) mass is 337 g/mol. The minimum absolute atomic E-state index is 0.187. The molecule has 0 aliphatic rings. The van der Waals surface area contributed by atoms with Crippen LogP contribution in [0.15, 0.2) is 42.6 Å². The Morgan fingerprint density at radius 1 is 1.16 bits per heavy atom. The van der Waals surface area contributed by atoms with Gasteiger partial charge in [0.2, 0.25) is 0 Å². The van der Waals surface area contributed by atoms with Gasteiger partial charge in [0.05, 0.1) is 22.8 Å². The van der Waals surface area contributed by atoms with E-state index in [1.54, 1.807) is 0 Å². The van der Waals surface area contributed by atoms with E-state index in [0.29, 0.717) is 0 Å². The summed E-state index contributed by atoms with van der Waals surface area (Å²) >= 11 is 0. The Labute approximate surface area is 149 Å². The van der Waals surface area contributed by atoms with Crippen LogP contribution in [-0.4, -0.2) is 32.9 Å². The SMILES string of the molecule is Cc1cccnc1CN(CCCCN)C(C)c1nc2ccccc2[nH]1. The summed E-state index contributed by atoms with van der Waals surface area (Å²) in [6.07, 6.45) is 3.98. The fourth-order valence-electron chi connectivity index (χ4n) is 3.09. The number of para-hydroxylation sites is 2. The van der Waals surface area contributed by atoms with E-state index in [0.717, 1.165) is 55.0 Å². The molecule has 0 aliphatic carbocycles. The number of rotatable bonds is 8. The van der Waals surface area contributed by atoms with Crippen molar-refractivity contribution in [2.75, 3.05) is 13.1 Å². The van der Waals surface area contributed by atoms with Crippen molar-refractivity contribution in [1.29, 1.82) is 0 Å². The molecule has 0 saturated carbocycles. The maximum Gasteiger partial charge on any atom is 0.124 e. The van der Waals surface area contributed by atoms with Crippen molar-refractivity contribution in [3.05, 3.63) is 59.7 Å². The summed E-state index contributed by atoms with van der Waals surface area (Å²) in [5.41, 5.74) is 10.1. The molecule has 2 heterocycles. The Balaban J connectivity index is 1.83. The second-order valence-electron chi connectivity index (χ2n) is 6.55. The van der Waals surface area contributed by atoms with Gasteiger partial charge in [-0.25, -0.2) is 4.98 Å². The van der Waals surface area contributed by atoms with E-state index in [4.69, 9.17) is 10.7 Å². The van der Waals surface area contributed by atoms with Gasteiger partial charge < -0.3 is 10.7 Å². The molecule has 1 unspecified atom stereocenters. The Morgan fingerprint density at radius 3 is 2.76 bits per heavy atom. The van der Waals surface area contributed by atoms with Gasteiger partial charge in [0.15, 0.2) is 0 Å². The molecule has 25 heavy (non-hydrogen) atoms. The molecule has 3 rings (SSSR count). The van der Waals surface area contributed by atoms with Crippen LogP contribution in [-0.2, 0) is 6.54 Å². The summed E-state index contributed by atoms with van der Waals surface area (Å²) in [7, 11) is 0. The summed E-state index contributed by atoms with van der Waals surface area (Å²) in [6.45, 7) is 6.85. The van der Waals surface area contributed by atoms with Gasteiger partial charge in [0.25, 0.3) is 0 Å². The molecule has 0 radical (unpaired) electrons. The largest absolute Gasteiger partial charge is 0.341 e. The highest BCUT2D eigenvalue weighted by Crippen LogP contribution is 2.23. The van der Waals surface area contributed by atoms with Gasteiger partial charge in [-0.1, -0.05) is 18.2 Å². The van der Waals surface area contributed by atoms with Crippen LogP contribution in [0.5, 0.6) is 0 Å². The molecule has 1 aromatic carbocycles. The first-order valence-corrected chi connectivity index (χ1v) is 8.98. The van der Waals surface area contributed by atoms with Crippen LogP contribution in [0.4, 0.5) is 0 Å². The van der Waals surface area contributed by atoms with Gasteiger partial charge >= 0.3 is 0 Å². The van der Waals surface area contributed by atoms with E-state index in [-0.39, 0.29) is 6.04 Å². The van der Waals surface area contributed by atoms with Crippen molar-refractivity contribution in [3.8, 4) is 0 Å². The fourth-order valence-corrected chi connectivity index (χ4v) is 3.09. The van der Waals surface area contributed by atoms with Gasteiger partial charge in [-0.3, -0.25) is 9.88 Å². The third kappa shape index (κ3) is 4.24. The topological polar surface area (TPSA) is 70.8 Å². The van der Waals surface area contributed by atoms with Crippen molar-refractivity contribution in [1.82, 2.24) is 19.9 Å². The van der Waals surface area contributed by atoms with Gasteiger partial charge in [0.1, 0.15) is 5.82 Å². The molecule has 3 aromatic rings. The van der Waals surface area contributed by atoms with Crippen molar-refractivity contribution in [2.24, 2.45) is 5.73 Å². The molecule has 1 atom stereocenters. The van der Waals surface area contributed by atoms with Crippen LogP contribution in [0.25, 0.3) is 11.0 Å². The average molecular weight is 337 g/mol. The molecule has 2 aromatic heterocycles. The summed E-state index contributed by atoms with van der Waals surface area (Å²) in [4.78, 5) is 15.3. The Bertz CT molecular complexity index is 777. The highest BCUT2D eigenvalue weighted by molar-refractivity contribution is 5.74. The van der Waals surface area contributed by atoms with Crippen LogP contribution < -0.4 is 5.73 Å². The summed E-state index contributed by atoms with van der Waals surface area (Å²) in [5.74, 6) is 1.00. The minimum Gasteiger partial charge on any atom is -0.341 e. The summed E-state index contributed by atoms with van der Waals surface area (Å²) in [5, 5.41) is 0. The number of nitrogens with two attached hydrogens (primary N) is 1. The molecule has 132 valence electrons. The van der Waals surface area contributed by atoms with Crippen LogP contribution >= 0.6 is 0 Å². The highest BCUT2D eigenvalue weighted by Gasteiger charge is 2.20. The fraction of sp³-hybridized carbons (Fsp3) is 0.400. The van der Waals surface area contributed by atoms with E-state index in [1.807, 2.05) is 30.5 Å². The standard InChI is InChI=1S/C20H27N5/c1-15-8-7-12-22-19(15)14-25(13-6-5-11-21)16(2)20-23-17-9-3-4-10-18(17)24-20/h3-4,7-10,12,16H,5-6,11,13-14,21H2,1-2H3,(H,23,24). The Morgan fingerprint density at radius 2 is 2.00 bits per heavy atom. The molecular formula is C20H27N5. The Kier molecular flexibility index (Phi) is 5.79. The maximum atomic E-state index is 5.68. The lowest BCUT2D eigenvalue weighted by atomic mass is 10.1. The van der Waals surface area contributed by atoms with Crippen molar-refractivity contribution < 1.29 is 0 Å². The number of unbranched alkanes of at least 4 members (excludes halogenated alkanes) is 1. The van der Waals surface area contributed by atoms with Crippen molar-refractivity contribution >= 4 is 11.0 Å². The quantitative estimate of drug-likeness (QED) is 0.617. The second-order valence-corrected chi connectivity index (χ2v) is 6.55. The van der Waals surface area contributed by atoms with Crippen molar-refractivity contribution in [3.63, 3.8) is 0 Å². The second kappa shape index (κ2) is 8.23. The van der Waals surface area contributed by atoms with Crippen LogP contribution in [0.2, 0.25) is 0 Å². The lowest BCUT2D eigenvalue weighted by Gasteiger charge is -2.28. The van der Waals surface area contributed by atoms with E-state index in [9.17, 15) is 0 Å². The Hall–Kier alpha value is -2.24. The smallest absolute Gasteiger partial charge is 0.124 e. The molecule has 0 spiro atoms. The number of nitrogens with one attached hydrogen (secondary N) is 1. The van der Waals surface area contributed by atoms with E-state index < -0.39 is 0 Å². The number of pyridine rings is 1. The molecule has 0 aliphatic heterocycles. The summed E-state index contributed by atoms with van der Waals surface area (Å²) < 4.78 is 0. The lowest BCUT2D eigenvalue weighted by molar-refractivity contribution is 0.189. The molecule has 3 N–H and O–H groups in total. The predicted octanol–water partition coefficient (Wildman–Crippen LogP) is 3.57. The van der Waals surface area contributed by atoms with Crippen LogP contribution in [0.3, 0.4) is 0 Å². The molecule has 5 nitrogen and oxygen atoms in total. The van der Waals surface area contributed by atoms with Gasteiger partial charge in [0, 0.05) is 12.7 Å². The van der Waals surface area contributed by atoms with E-state index in [2.05, 4.69) is 40.8 Å². The van der Waals surface area contributed by atoms with Crippen LogP contribution in [0, 0.1) is 6.92 Å². The first kappa shape index (κ1) is 17.6. The summed E-state index contributed by atoms with van der Waals surface area (Å²) in [6, 6.07) is 12.5. The number of hydrogen-bond donors (Lipinski definition) is 2. The number of aromatic amines is 1. The zero-order valence-corrected chi connectivity index (χ0v) is 15.1. The van der Waals surface area contributed by atoms with Crippen molar-refractivity contribution in [2.45, 2.75) is 39.3 Å².